The number of carbonyl (C=O) groups is 1. The maximum absolute atomic E-state index is 12.5. The zero-order valence-electron chi connectivity index (χ0n) is 14.0. The maximum atomic E-state index is 12.5. The fraction of sp³-hybridized carbons (Fsp3) is 0.500. The fourth-order valence-electron chi connectivity index (χ4n) is 3.63. The van der Waals surface area contributed by atoms with E-state index in [9.17, 15) is 4.79 Å². The molecule has 0 bridgehead atoms. The van der Waals surface area contributed by atoms with Gasteiger partial charge in [-0.1, -0.05) is 0 Å². The van der Waals surface area contributed by atoms with Crippen LogP contribution in [0, 0.1) is 6.92 Å². The third-order valence-electron chi connectivity index (χ3n) is 4.89. The molecular weight excluding hydrogens is 302 g/mol. The number of amides is 1. The lowest BCUT2D eigenvalue weighted by Crippen LogP contribution is -2.40. The molecule has 0 unspecified atom stereocenters. The van der Waals surface area contributed by atoms with Crippen LogP contribution in [0.4, 0.5) is 5.82 Å². The molecule has 1 N–H and O–H groups in total. The summed E-state index contributed by atoms with van der Waals surface area (Å²) in [6, 6.07) is 3.99. The molecule has 2 aliphatic heterocycles. The Hall–Kier alpha value is -2.37. The number of anilines is 1. The molecule has 0 radical (unpaired) electrons. The van der Waals surface area contributed by atoms with E-state index in [1.807, 2.05) is 19.1 Å². The summed E-state index contributed by atoms with van der Waals surface area (Å²) in [5, 5.41) is 3.13. The maximum Gasteiger partial charge on any atom is 0.253 e. The molecule has 24 heavy (non-hydrogen) atoms. The van der Waals surface area contributed by atoms with Crippen molar-refractivity contribution >= 4 is 11.7 Å². The molecular formula is C18H23N5O. The largest absolute Gasteiger partial charge is 0.357 e. The van der Waals surface area contributed by atoms with Gasteiger partial charge in [-0.05, 0) is 38.3 Å². The van der Waals surface area contributed by atoms with Crippen molar-refractivity contribution in [2.45, 2.75) is 45.2 Å². The molecule has 0 aromatic carbocycles. The smallest absolute Gasteiger partial charge is 0.253 e. The second-order valence-corrected chi connectivity index (χ2v) is 6.76. The van der Waals surface area contributed by atoms with Crippen LogP contribution in [0.1, 0.15) is 41.1 Å². The van der Waals surface area contributed by atoms with Crippen LogP contribution in [-0.4, -0.2) is 39.6 Å². The summed E-state index contributed by atoms with van der Waals surface area (Å²) in [6.07, 6.45) is 8.04. The Balaban J connectivity index is 1.39. The van der Waals surface area contributed by atoms with Crippen molar-refractivity contribution in [3.05, 3.63) is 41.6 Å². The van der Waals surface area contributed by atoms with Gasteiger partial charge in [0.1, 0.15) is 11.6 Å². The van der Waals surface area contributed by atoms with Gasteiger partial charge in [-0.15, -0.1) is 0 Å². The molecule has 0 spiro atoms. The van der Waals surface area contributed by atoms with E-state index in [1.165, 1.54) is 12.8 Å². The summed E-state index contributed by atoms with van der Waals surface area (Å²) in [6.45, 7) is 4.92. The van der Waals surface area contributed by atoms with Crippen molar-refractivity contribution in [2.24, 2.45) is 0 Å². The second kappa shape index (κ2) is 6.26. The first-order valence-corrected chi connectivity index (χ1v) is 8.73. The van der Waals surface area contributed by atoms with E-state index in [0.717, 1.165) is 49.8 Å². The number of nitrogens with zero attached hydrogens (tertiary/aromatic N) is 4. The van der Waals surface area contributed by atoms with Crippen LogP contribution in [0.3, 0.4) is 0 Å². The minimum Gasteiger partial charge on any atom is -0.357 e. The van der Waals surface area contributed by atoms with Gasteiger partial charge < -0.3 is 14.8 Å². The average molecular weight is 325 g/mol. The first-order chi connectivity index (χ1) is 11.7. The number of hydrogen-bond donors (Lipinski definition) is 1. The summed E-state index contributed by atoms with van der Waals surface area (Å²) in [4.78, 5) is 23.7. The fourth-order valence-corrected chi connectivity index (χ4v) is 3.63. The van der Waals surface area contributed by atoms with Crippen molar-refractivity contribution in [1.29, 1.82) is 0 Å². The van der Waals surface area contributed by atoms with Crippen LogP contribution in [0.25, 0.3) is 0 Å². The standard InChI is InChI=1S/C18H23N5O/c1-13-11-23-12-15(5-7-17(23)20-13)21-18(24)14-4-6-16(19-10-14)22-8-2-3-9-22/h4,6,10-11,15H,2-3,5,7-9,12H2,1H3,(H,21,24)/t15-/m1/s1. The van der Waals surface area contributed by atoms with Crippen LogP contribution < -0.4 is 10.2 Å². The lowest BCUT2D eigenvalue weighted by atomic mass is 10.1. The Morgan fingerprint density at radius 1 is 1.29 bits per heavy atom. The highest BCUT2D eigenvalue weighted by molar-refractivity contribution is 5.94. The summed E-state index contributed by atoms with van der Waals surface area (Å²) >= 11 is 0. The highest BCUT2D eigenvalue weighted by Crippen LogP contribution is 2.18. The molecule has 6 heteroatoms. The molecule has 0 saturated carbocycles. The number of aryl methyl sites for hydroxylation is 2. The lowest BCUT2D eigenvalue weighted by Gasteiger charge is -2.24. The molecule has 1 atom stereocenters. The average Bonchev–Trinajstić information content (AvgIpc) is 3.23. The Morgan fingerprint density at radius 2 is 2.12 bits per heavy atom. The van der Waals surface area contributed by atoms with Crippen LogP contribution >= 0.6 is 0 Å². The molecule has 1 amide bonds. The van der Waals surface area contributed by atoms with Gasteiger partial charge in [-0.25, -0.2) is 9.97 Å². The van der Waals surface area contributed by atoms with E-state index in [4.69, 9.17) is 0 Å². The summed E-state index contributed by atoms with van der Waals surface area (Å²) < 4.78 is 2.15. The van der Waals surface area contributed by atoms with E-state index in [2.05, 4.69) is 30.9 Å². The minimum absolute atomic E-state index is 0.0410. The molecule has 2 aliphatic rings. The number of aromatic nitrogens is 3. The normalized spacial score (nSPS) is 20.0. The van der Waals surface area contributed by atoms with Gasteiger partial charge in [0.25, 0.3) is 5.91 Å². The number of nitrogens with one attached hydrogen (secondary N) is 1. The van der Waals surface area contributed by atoms with Gasteiger partial charge in [0, 0.05) is 44.5 Å². The second-order valence-electron chi connectivity index (χ2n) is 6.76. The third kappa shape index (κ3) is 3.00. The molecule has 6 nitrogen and oxygen atoms in total. The molecule has 4 rings (SSSR count). The minimum atomic E-state index is -0.0410. The summed E-state index contributed by atoms with van der Waals surface area (Å²) in [5.74, 6) is 2.05. The summed E-state index contributed by atoms with van der Waals surface area (Å²) in [5.41, 5.74) is 1.67. The van der Waals surface area contributed by atoms with Crippen molar-refractivity contribution < 1.29 is 4.79 Å². The first kappa shape index (κ1) is 15.2. The Morgan fingerprint density at radius 3 is 2.88 bits per heavy atom. The van der Waals surface area contributed by atoms with Crippen LogP contribution in [0.2, 0.25) is 0 Å². The topological polar surface area (TPSA) is 63.1 Å². The van der Waals surface area contributed by atoms with Gasteiger partial charge in [-0.2, -0.15) is 0 Å². The SMILES string of the molecule is Cc1cn2c(n1)CC[C@@H](NC(=O)c1ccc(N3CCCC3)nc1)C2. The van der Waals surface area contributed by atoms with Crippen LogP contribution in [-0.2, 0) is 13.0 Å². The van der Waals surface area contributed by atoms with E-state index < -0.39 is 0 Å². The number of rotatable bonds is 3. The van der Waals surface area contributed by atoms with Crippen LogP contribution in [0.5, 0.6) is 0 Å². The number of carbonyl (C=O) groups excluding carboxylic acids is 1. The van der Waals surface area contributed by atoms with Crippen LogP contribution in [0.15, 0.2) is 24.5 Å². The Bertz CT molecular complexity index is 730. The molecule has 2 aromatic rings. The molecule has 2 aromatic heterocycles. The van der Waals surface area contributed by atoms with Crippen molar-refractivity contribution in [3.8, 4) is 0 Å². The molecule has 1 fully saturated rings. The molecule has 4 heterocycles. The summed E-state index contributed by atoms with van der Waals surface area (Å²) in [7, 11) is 0. The monoisotopic (exact) mass is 325 g/mol. The number of imidazole rings is 1. The third-order valence-corrected chi connectivity index (χ3v) is 4.89. The van der Waals surface area contributed by atoms with Crippen molar-refractivity contribution in [1.82, 2.24) is 19.9 Å². The van der Waals surface area contributed by atoms with E-state index in [0.29, 0.717) is 5.56 Å². The van der Waals surface area contributed by atoms with Crippen molar-refractivity contribution in [3.63, 3.8) is 0 Å². The highest BCUT2D eigenvalue weighted by atomic mass is 16.1. The predicted octanol–water partition coefficient (Wildman–Crippen LogP) is 1.93. The Kier molecular flexibility index (Phi) is 3.96. The van der Waals surface area contributed by atoms with Gasteiger partial charge in [0.2, 0.25) is 0 Å². The van der Waals surface area contributed by atoms with Gasteiger partial charge in [0.15, 0.2) is 0 Å². The zero-order valence-corrected chi connectivity index (χ0v) is 14.0. The highest BCUT2D eigenvalue weighted by Gasteiger charge is 2.22. The zero-order chi connectivity index (χ0) is 16.5. The lowest BCUT2D eigenvalue weighted by molar-refractivity contribution is 0.0927. The van der Waals surface area contributed by atoms with Gasteiger partial charge >= 0.3 is 0 Å². The molecule has 1 saturated heterocycles. The molecule has 0 aliphatic carbocycles. The quantitative estimate of drug-likeness (QED) is 0.937. The van der Waals surface area contributed by atoms with E-state index in [1.54, 1.807) is 6.20 Å². The van der Waals surface area contributed by atoms with Gasteiger partial charge in [-0.3, -0.25) is 4.79 Å². The predicted molar refractivity (Wildman–Crippen MR) is 92.2 cm³/mol. The van der Waals surface area contributed by atoms with Crippen molar-refractivity contribution in [2.75, 3.05) is 18.0 Å². The molecule has 126 valence electrons. The van der Waals surface area contributed by atoms with Gasteiger partial charge in [0.05, 0.1) is 11.3 Å². The van der Waals surface area contributed by atoms with E-state index >= 15 is 0 Å². The number of hydrogen-bond acceptors (Lipinski definition) is 4. The number of pyridine rings is 1. The Labute approximate surface area is 141 Å². The first-order valence-electron chi connectivity index (χ1n) is 8.73. The van der Waals surface area contributed by atoms with E-state index in [-0.39, 0.29) is 11.9 Å². The number of fused-ring (bicyclic) bond motifs is 1.